The van der Waals surface area contributed by atoms with Gasteiger partial charge in [-0.2, -0.15) is 5.10 Å². The Morgan fingerprint density at radius 3 is 2.48 bits per heavy atom. The second-order valence-electron chi connectivity index (χ2n) is 6.81. The van der Waals surface area contributed by atoms with Gasteiger partial charge in [-0.15, -0.1) is 0 Å². The van der Waals surface area contributed by atoms with Crippen LogP contribution in [0.25, 0.3) is 0 Å². The van der Waals surface area contributed by atoms with Crippen molar-refractivity contribution in [1.29, 1.82) is 0 Å². The van der Waals surface area contributed by atoms with E-state index < -0.39 is 0 Å². The molecule has 1 N–H and O–H groups in total. The predicted molar refractivity (Wildman–Crippen MR) is 113 cm³/mol. The summed E-state index contributed by atoms with van der Waals surface area (Å²) in [6.45, 7) is 4.62. The molecule has 0 saturated heterocycles. The monoisotopic (exact) mass is 393 g/mol. The minimum atomic E-state index is -0.190. The Kier molecular flexibility index (Phi) is 6.54. The van der Waals surface area contributed by atoms with Crippen molar-refractivity contribution in [1.82, 2.24) is 15.1 Å². The quantitative estimate of drug-likeness (QED) is 0.628. The maximum Gasteiger partial charge on any atom is 0.255 e. The summed E-state index contributed by atoms with van der Waals surface area (Å²) in [5.41, 5.74) is 3.61. The number of aromatic nitrogens is 2. The van der Waals surface area contributed by atoms with Crippen LogP contribution in [0, 0.1) is 0 Å². The molecule has 1 unspecified atom stereocenters. The van der Waals surface area contributed by atoms with Crippen LogP contribution in [-0.2, 0) is 13.0 Å². The number of methoxy groups -OCH3 is 2. The van der Waals surface area contributed by atoms with E-state index in [9.17, 15) is 4.79 Å². The van der Waals surface area contributed by atoms with E-state index in [1.807, 2.05) is 54.9 Å². The molecule has 152 valence electrons. The van der Waals surface area contributed by atoms with Crippen molar-refractivity contribution in [2.45, 2.75) is 32.9 Å². The highest BCUT2D eigenvalue weighted by molar-refractivity contribution is 5.95. The molecule has 0 saturated carbocycles. The van der Waals surface area contributed by atoms with Gasteiger partial charge in [-0.3, -0.25) is 9.48 Å². The molecule has 1 heterocycles. The summed E-state index contributed by atoms with van der Waals surface area (Å²) in [6.07, 6.45) is 2.37. The first-order valence-electron chi connectivity index (χ1n) is 9.68. The van der Waals surface area contributed by atoms with Crippen molar-refractivity contribution in [2.75, 3.05) is 14.2 Å². The van der Waals surface area contributed by atoms with Crippen LogP contribution in [0.2, 0.25) is 0 Å². The van der Waals surface area contributed by atoms with E-state index in [0.29, 0.717) is 23.6 Å². The summed E-state index contributed by atoms with van der Waals surface area (Å²) in [6, 6.07) is 15.6. The topological polar surface area (TPSA) is 65.4 Å². The molecule has 6 nitrogen and oxygen atoms in total. The third-order valence-corrected chi connectivity index (χ3v) is 4.96. The van der Waals surface area contributed by atoms with E-state index in [2.05, 4.69) is 22.5 Å². The Bertz CT molecular complexity index is 967. The van der Waals surface area contributed by atoms with Crippen molar-refractivity contribution < 1.29 is 14.3 Å². The first-order valence-corrected chi connectivity index (χ1v) is 9.68. The van der Waals surface area contributed by atoms with Crippen LogP contribution < -0.4 is 14.8 Å². The second kappa shape index (κ2) is 9.28. The van der Waals surface area contributed by atoms with Gasteiger partial charge in [-0.1, -0.05) is 43.3 Å². The molecule has 0 spiro atoms. The molecule has 1 amide bonds. The maximum absolute atomic E-state index is 12.9. The normalized spacial score (nSPS) is 11.7. The minimum absolute atomic E-state index is 0.136. The van der Waals surface area contributed by atoms with E-state index >= 15 is 0 Å². The Labute approximate surface area is 171 Å². The molecule has 0 radical (unpaired) electrons. The lowest BCUT2D eigenvalue weighted by Gasteiger charge is -2.17. The van der Waals surface area contributed by atoms with Crippen LogP contribution in [0.1, 0.15) is 47.1 Å². The van der Waals surface area contributed by atoms with Crippen LogP contribution in [0.15, 0.2) is 54.7 Å². The number of benzene rings is 2. The number of carbonyl (C=O) groups is 1. The Hall–Kier alpha value is -3.28. The zero-order chi connectivity index (χ0) is 20.8. The van der Waals surface area contributed by atoms with Crippen LogP contribution >= 0.6 is 0 Å². The van der Waals surface area contributed by atoms with Crippen molar-refractivity contribution in [2.24, 2.45) is 0 Å². The van der Waals surface area contributed by atoms with Crippen LogP contribution in [0.5, 0.6) is 11.5 Å². The average Bonchev–Trinajstić information content (AvgIpc) is 3.16. The summed E-state index contributed by atoms with van der Waals surface area (Å²) in [5.74, 6) is 1.16. The van der Waals surface area contributed by atoms with Gasteiger partial charge in [0.1, 0.15) is 0 Å². The number of hydrogen-bond donors (Lipinski definition) is 1. The Balaban J connectivity index is 1.77. The first kappa shape index (κ1) is 20.5. The van der Waals surface area contributed by atoms with Gasteiger partial charge in [0.25, 0.3) is 5.91 Å². The summed E-state index contributed by atoms with van der Waals surface area (Å²) in [5, 5.41) is 7.52. The molecule has 0 aliphatic heterocycles. The summed E-state index contributed by atoms with van der Waals surface area (Å²) < 4.78 is 12.5. The SMILES string of the molecule is CCc1c(C(=O)NC(C)c2ccc(OC)c(OC)c2)cnn1Cc1ccccc1. The molecule has 0 bridgehead atoms. The molecule has 1 atom stereocenters. The number of rotatable bonds is 8. The summed E-state index contributed by atoms with van der Waals surface area (Å²) in [4.78, 5) is 12.9. The fourth-order valence-corrected chi connectivity index (χ4v) is 3.35. The van der Waals surface area contributed by atoms with Gasteiger partial charge in [0, 0.05) is 0 Å². The molecule has 0 fully saturated rings. The lowest BCUT2D eigenvalue weighted by atomic mass is 10.1. The third kappa shape index (κ3) is 4.59. The molecule has 29 heavy (non-hydrogen) atoms. The number of nitrogens with zero attached hydrogens (tertiary/aromatic N) is 2. The van der Waals surface area contributed by atoms with E-state index in [-0.39, 0.29) is 11.9 Å². The lowest BCUT2D eigenvalue weighted by Crippen LogP contribution is -2.27. The standard InChI is InChI=1S/C23H27N3O3/c1-5-20-19(14-24-26(20)15-17-9-7-6-8-10-17)23(27)25-16(2)18-11-12-21(28-3)22(13-18)29-4/h6-14,16H,5,15H2,1-4H3,(H,25,27). The average molecular weight is 393 g/mol. The van der Waals surface area contributed by atoms with Crippen LogP contribution in [0.3, 0.4) is 0 Å². The lowest BCUT2D eigenvalue weighted by molar-refractivity contribution is 0.0938. The number of ether oxygens (including phenoxy) is 2. The molecule has 0 aliphatic carbocycles. The van der Waals surface area contributed by atoms with Crippen molar-refractivity contribution in [3.63, 3.8) is 0 Å². The van der Waals surface area contributed by atoms with Crippen molar-refractivity contribution in [3.05, 3.63) is 77.1 Å². The molecule has 3 aromatic rings. The van der Waals surface area contributed by atoms with Gasteiger partial charge >= 0.3 is 0 Å². The number of nitrogens with one attached hydrogen (secondary N) is 1. The minimum Gasteiger partial charge on any atom is -0.493 e. The Morgan fingerprint density at radius 2 is 1.83 bits per heavy atom. The molecule has 1 aromatic heterocycles. The van der Waals surface area contributed by atoms with Gasteiger partial charge in [0.05, 0.1) is 44.3 Å². The molecule has 3 rings (SSSR count). The van der Waals surface area contributed by atoms with E-state index in [1.165, 1.54) is 0 Å². The smallest absolute Gasteiger partial charge is 0.255 e. The number of carbonyl (C=O) groups excluding carboxylic acids is 1. The molecule has 2 aromatic carbocycles. The molecular weight excluding hydrogens is 366 g/mol. The fourth-order valence-electron chi connectivity index (χ4n) is 3.35. The zero-order valence-electron chi connectivity index (χ0n) is 17.3. The molecule has 6 heteroatoms. The van der Waals surface area contributed by atoms with Crippen molar-refractivity contribution in [3.8, 4) is 11.5 Å². The summed E-state index contributed by atoms with van der Waals surface area (Å²) >= 11 is 0. The van der Waals surface area contributed by atoms with E-state index in [4.69, 9.17) is 9.47 Å². The van der Waals surface area contributed by atoms with Gasteiger partial charge in [0.15, 0.2) is 11.5 Å². The second-order valence-corrected chi connectivity index (χ2v) is 6.81. The maximum atomic E-state index is 12.9. The zero-order valence-corrected chi connectivity index (χ0v) is 17.3. The first-order chi connectivity index (χ1) is 14.1. The van der Waals surface area contributed by atoms with Gasteiger partial charge < -0.3 is 14.8 Å². The Morgan fingerprint density at radius 1 is 1.10 bits per heavy atom. The highest BCUT2D eigenvalue weighted by Gasteiger charge is 2.19. The van der Waals surface area contributed by atoms with E-state index in [0.717, 1.165) is 23.2 Å². The number of hydrogen-bond acceptors (Lipinski definition) is 4. The largest absolute Gasteiger partial charge is 0.493 e. The van der Waals surface area contributed by atoms with Crippen LogP contribution in [-0.4, -0.2) is 29.9 Å². The molecular formula is C23H27N3O3. The fraction of sp³-hybridized carbons (Fsp3) is 0.304. The molecule has 0 aliphatic rings. The number of amides is 1. The van der Waals surface area contributed by atoms with Gasteiger partial charge in [-0.25, -0.2) is 0 Å². The highest BCUT2D eigenvalue weighted by atomic mass is 16.5. The van der Waals surface area contributed by atoms with Gasteiger partial charge in [0.2, 0.25) is 0 Å². The van der Waals surface area contributed by atoms with Crippen LogP contribution in [0.4, 0.5) is 0 Å². The van der Waals surface area contributed by atoms with Gasteiger partial charge in [-0.05, 0) is 36.6 Å². The third-order valence-electron chi connectivity index (χ3n) is 4.96. The van der Waals surface area contributed by atoms with E-state index in [1.54, 1.807) is 20.4 Å². The summed E-state index contributed by atoms with van der Waals surface area (Å²) in [7, 11) is 3.20. The predicted octanol–water partition coefficient (Wildman–Crippen LogP) is 4.00. The highest BCUT2D eigenvalue weighted by Crippen LogP contribution is 2.30. The van der Waals surface area contributed by atoms with Crippen molar-refractivity contribution >= 4 is 5.91 Å².